The van der Waals surface area contributed by atoms with Crippen LogP contribution in [0, 0.1) is 24.0 Å². The van der Waals surface area contributed by atoms with Gasteiger partial charge < -0.3 is 4.57 Å². The number of rotatable bonds is 4. The first-order valence-electron chi connectivity index (χ1n) is 7.69. The van der Waals surface area contributed by atoms with E-state index in [1.807, 2.05) is 19.1 Å². The minimum absolute atomic E-state index is 0.0624. The van der Waals surface area contributed by atoms with Gasteiger partial charge in [-0.2, -0.15) is 0 Å². The maximum absolute atomic E-state index is 10.7. The molecule has 0 unspecified atom stereocenters. The van der Waals surface area contributed by atoms with Gasteiger partial charge in [0.2, 0.25) is 0 Å². The number of halogens is 1. The monoisotopic (exact) mass is 397 g/mol. The summed E-state index contributed by atoms with van der Waals surface area (Å²) >= 11 is 3.45. The Balaban J connectivity index is 1.89. The normalized spacial score (nSPS) is 11.2. The molecule has 0 aliphatic carbocycles. The van der Waals surface area contributed by atoms with E-state index in [9.17, 15) is 10.1 Å². The number of benzene rings is 2. The van der Waals surface area contributed by atoms with E-state index in [0.29, 0.717) is 5.69 Å². The van der Waals surface area contributed by atoms with Crippen molar-refractivity contribution in [1.29, 1.82) is 0 Å². The lowest BCUT2D eigenvalue weighted by Crippen LogP contribution is -1.99. The van der Waals surface area contributed by atoms with Crippen LogP contribution >= 0.6 is 15.9 Å². The molecule has 0 fully saturated rings. The fourth-order valence-electron chi connectivity index (χ4n) is 2.71. The number of nitrogens with zero attached hydrogens (tertiary/aromatic N) is 3. The van der Waals surface area contributed by atoms with Gasteiger partial charge in [0.25, 0.3) is 5.69 Å². The molecule has 6 heteroatoms. The zero-order valence-electron chi connectivity index (χ0n) is 13.8. The van der Waals surface area contributed by atoms with Crippen LogP contribution in [-0.4, -0.2) is 15.7 Å². The Bertz CT molecular complexity index is 942. The predicted molar refractivity (Wildman–Crippen MR) is 103 cm³/mol. The van der Waals surface area contributed by atoms with Gasteiger partial charge in [0, 0.05) is 45.5 Å². The van der Waals surface area contributed by atoms with Crippen molar-refractivity contribution in [1.82, 2.24) is 4.57 Å². The van der Waals surface area contributed by atoms with E-state index in [-0.39, 0.29) is 5.69 Å². The van der Waals surface area contributed by atoms with Gasteiger partial charge in [-0.3, -0.25) is 15.1 Å². The lowest BCUT2D eigenvalue weighted by molar-refractivity contribution is -0.384. The maximum atomic E-state index is 10.7. The molecule has 0 atom stereocenters. The summed E-state index contributed by atoms with van der Waals surface area (Å²) in [5.74, 6) is 0. The summed E-state index contributed by atoms with van der Waals surface area (Å²) in [6.45, 7) is 4.10. The molecule has 2 aromatic carbocycles. The predicted octanol–water partition coefficient (Wildman–Crippen LogP) is 5.52. The van der Waals surface area contributed by atoms with Gasteiger partial charge in [-0.25, -0.2) is 0 Å². The Kier molecular flexibility index (Phi) is 4.81. The summed E-state index contributed by atoms with van der Waals surface area (Å²) in [7, 11) is 0. The molecule has 25 heavy (non-hydrogen) atoms. The fourth-order valence-corrected chi connectivity index (χ4v) is 2.97. The highest BCUT2D eigenvalue weighted by molar-refractivity contribution is 9.10. The van der Waals surface area contributed by atoms with E-state index in [1.165, 1.54) is 12.1 Å². The Morgan fingerprint density at radius 3 is 2.32 bits per heavy atom. The quantitative estimate of drug-likeness (QED) is 0.330. The van der Waals surface area contributed by atoms with Crippen molar-refractivity contribution < 1.29 is 4.92 Å². The van der Waals surface area contributed by atoms with Crippen molar-refractivity contribution in [2.45, 2.75) is 13.8 Å². The topological polar surface area (TPSA) is 60.4 Å². The number of aryl methyl sites for hydroxylation is 1. The van der Waals surface area contributed by atoms with Gasteiger partial charge in [0.1, 0.15) is 0 Å². The summed E-state index contributed by atoms with van der Waals surface area (Å²) in [6, 6.07) is 16.4. The fraction of sp³-hybridized carbons (Fsp3) is 0.105. The molecule has 0 spiro atoms. The van der Waals surface area contributed by atoms with Crippen LogP contribution < -0.4 is 0 Å². The molecule has 1 aromatic heterocycles. The van der Waals surface area contributed by atoms with Gasteiger partial charge in [0.15, 0.2) is 0 Å². The Labute approximate surface area is 153 Å². The van der Waals surface area contributed by atoms with E-state index < -0.39 is 4.92 Å². The lowest BCUT2D eigenvalue weighted by Gasteiger charge is -2.09. The van der Waals surface area contributed by atoms with Gasteiger partial charge in [0.05, 0.1) is 10.6 Å². The number of aromatic nitrogens is 1. The molecule has 0 N–H and O–H groups in total. The Morgan fingerprint density at radius 1 is 1.08 bits per heavy atom. The van der Waals surface area contributed by atoms with Crippen molar-refractivity contribution in [2.24, 2.45) is 4.99 Å². The summed E-state index contributed by atoms with van der Waals surface area (Å²) in [4.78, 5) is 14.7. The highest BCUT2D eigenvalue weighted by Gasteiger charge is 2.09. The second-order valence-electron chi connectivity index (χ2n) is 5.67. The van der Waals surface area contributed by atoms with Crippen LogP contribution in [0.15, 0.2) is 64.1 Å². The highest BCUT2D eigenvalue weighted by Crippen LogP contribution is 2.23. The van der Waals surface area contributed by atoms with Crippen LogP contribution in [0.3, 0.4) is 0 Å². The number of hydrogen-bond acceptors (Lipinski definition) is 3. The molecule has 5 nitrogen and oxygen atoms in total. The summed E-state index contributed by atoms with van der Waals surface area (Å²) < 4.78 is 3.21. The average molecular weight is 398 g/mol. The van der Waals surface area contributed by atoms with Crippen LogP contribution in [0.2, 0.25) is 0 Å². The zero-order chi connectivity index (χ0) is 18.0. The highest BCUT2D eigenvalue weighted by atomic mass is 79.9. The molecule has 0 amide bonds. The molecule has 0 saturated carbocycles. The third-order valence-corrected chi connectivity index (χ3v) is 4.50. The van der Waals surface area contributed by atoms with E-state index in [1.54, 1.807) is 18.3 Å². The molecule has 0 bridgehead atoms. The second kappa shape index (κ2) is 7.03. The molecule has 3 aromatic rings. The zero-order valence-corrected chi connectivity index (χ0v) is 15.4. The smallest absolute Gasteiger partial charge is 0.269 e. The third-order valence-electron chi connectivity index (χ3n) is 3.97. The Hall–Kier alpha value is -2.73. The first-order valence-corrected chi connectivity index (χ1v) is 8.48. The van der Waals surface area contributed by atoms with Crippen molar-refractivity contribution in [3.8, 4) is 5.69 Å². The summed E-state index contributed by atoms with van der Waals surface area (Å²) in [6.07, 6.45) is 1.79. The van der Waals surface area contributed by atoms with Crippen LogP contribution in [-0.2, 0) is 0 Å². The number of aliphatic imine (C=N–C) groups is 1. The molecule has 126 valence electrons. The second-order valence-corrected chi connectivity index (χ2v) is 6.59. The largest absolute Gasteiger partial charge is 0.318 e. The minimum atomic E-state index is -0.417. The Morgan fingerprint density at radius 2 is 1.72 bits per heavy atom. The summed E-state index contributed by atoms with van der Waals surface area (Å²) in [5.41, 5.74) is 5.05. The number of nitro benzene ring substituents is 1. The van der Waals surface area contributed by atoms with Crippen molar-refractivity contribution >= 4 is 33.5 Å². The van der Waals surface area contributed by atoms with Gasteiger partial charge in [-0.05, 0) is 56.3 Å². The molecule has 3 rings (SSSR count). The van der Waals surface area contributed by atoms with Crippen LogP contribution in [0.25, 0.3) is 5.69 Å². The van der Waals surface area contributed by atoms with Crippen molar-refractivity contribution in [3.63, 3.8) is 0 Å². The van der Waals surface area contributed by atoms with Crippen LogP contribution in [0.1, 0.15) is 17.0 Å². The van der Waals surface area contributed by atoms with E-state index in [0.717, 1.165) is 27.1 Å². The van der Waals surface area contributed by atoms with E-state index >= 15 is 0 Å². The molecule has 1 heterocycles. The van der Waals surface area contributed by atoms with Crippen LogP contribution in [0.4, 0.5) is 11.4 Å². The molecular formula is C19H16BrN3O2. The average Bonchev–Trinajstić information content (AvgIpc) is 2.88. The van der Waals surface area contributed by atoms with E-state index in [2.05, 4.69) is 50.6 Å². The van der Waals surface area contributed by atoms with Gasteiger partial charge >= 0.3 is 0 Å². The van der Waals surface area contributed by atoms with Crippen molar-refractivity contribution in [3.05, 3.63) is 86.1 Å². The number of nitro groups is 1. The van der Waals surface area contributed by atoms with Gasteiger partial charge in [-0.15, -0.1) is 0 Å². The molecule has 0 aliphatic rings. The molecule has 0 radical (unpaired) electrons. The standard InChI is InChI=1S/C19H16BrN3O2/c1-13-11-15(12-21-17-5-9-19(10-6-17)23(24)25)14(2)22(13)18-7-3-16(20)4-8-18/h3-12H,1-2H3. The minimum Gasteiger partial charge on any atom is -0.318 e. The van der Waals surface area contributed by atoms with E-state index in [4.69, 9.17) is 0 Å². The lowest BCUT2D eigenvalue weighted by atomic mass is 10.2. The molecular weight excluding hydrogens is 382 g/mol. The first-order chi connectivity index (χ1) is 12.0. The summed E-state index contributed by atoms with van der Waals surface area (Å²) in [5, 5.41) is 10.7. The van der Waals surface area contributed by atoms with Crippen molar-refractivity contribution in [2.75, 3.05) is 0 Å². The first kappa shape index (κ1) is 17.1. The van der Waals surface area contributed by atoms with Crippen LogP contribution in [0.5, 0.6) is 0 Å². The number of non-ortho nitro benzene ring substituents is 1. The molecule has 0 aliphatic heterocycles. The van der Waals surface area contributed by atoms with Gasteiger partial charge in [-0.1, -0.05) is 15.9 Å². The molecule has 0 saturated heterocycles. The third kappa shape index (κ3) is 3.69. The number of hydrogen-bond donors (Lipinski definition) is 0. The SMILES string of the molecule is Cc1cc(C=Nc2ccc([N+](=O)[O-])cc2)c(C)n1-c1ccc(Br)cc1. The maximum Gasteiger partial charge on any atom is 0.269 e.